The van der Waals surface area contributed by atoms with Gasteiger partial charge in [-0.1, -0.05) is 23.4 Å². The van der Waals surface area contributed by atoms with Crippen molar-refractivity contribution in [2.24, 2.45) is 0 Å². The van der Waals surface area contributed by atoms with Gasteiger partial charge in [0, 0.05) is 22.5 Å². The van der Waals surface area contributed by atoms with Crippen molar-refractivity contribution in [3.05, 3.63) is 63.2 Å². The van der Waals surface area contributed by atoms with Gasteiger partial charge in [0.15, 0.2) is 6.10 Å². The fraction of sp³-hybridized carbons (Fsp3) is 0.222. The fourth-order valence-corrected chi connectivity index (χ4v) is 3.13. The average molecular weight is 409 g/mol. The minimum atomic E-state index is -1.00. The molecular weight excluding hydrogens is 392 g/mol. The molecule has 2 aromatic carbocycles. The summed E-state index contributed by atoms with van der Waals surface area (Å²) >= 11 is 7.02. The van der Waals surface area contributed by atoms with Crippen molar-refractivity contribution in [2.45, 2.75) is 29.7 Å². The van der Waals surface area contributed by atoms with Gasteiger partial charge >= 0.3 is 5.97 Å². The number of ether oxygens (including phenoxy) is 1. The molecule has 1 N–H and O–H groups in total. The average Bonchev–Trinajstić information content (AvgIpc) is 2.63. The fourth-order valence-electron chi connectivity index (χ4n) is 2.10. The van der Waals surface area contributed by atoms with Crippen LogP contribution in [0.5, 0.6) is 0 Å². The number of nitrogens with one attached hydrogen (secondary N) is 1. The van der Waals surface area contributed by atoms with Crippen molar-refractivity contribution in [2.75, 3.05) is 6.54 Å². The van der Waals surface area contributed by atoms with Gasteiger partial charge in [-0.15, -0.1) is 0 Å². The van der Waals surface area contributed by atoms with Gasteiger partial charge in [-0.05, 0) is 50.2 Å². The van der Waals surface area contributed by atoms with E-state index in [2.05, 4.69) is 5.32 Å². The molecule has 1 atom stereocenters. The van der Waals surface area contributed by atoms with Gasteiger partial charge in [0.05, 0.1) is 15.4 Å². The van der Waals surface area contributed by atoms with E-state index >= 15 is 0 Å². The molecule has 2 aromatic rings. The van der Waals surface area contributed by atoms with Crippen LogP contribution < -0.4 is 5.32 Å². The van der Waals surface area contributed by atoms with E-state index < -0.39 is 22.9 Å². The third kappa shape index (κ3) is 5.70. The van der Waals surface area contributed by atoms with E-state index in [-0.39, 0.29) is 11.3 Å². The number of rotatable bonds is 7. The van der Waals surface area contributed by atoms with Crippen LogP contribution in [0.3, 0.4) is 0 Å². The predicted molar refractivity (Wildman–Crippen MR) is 102 cm³/mol. The Bertz CT molecular complexity index is 857. The van der Waals surface area contributed by atoms with E-state index in [0.717, 1.165) is 11.0 Å². The molecule has 0 saturated heterocycles. The molecule has 0 radical (unpaired) electrons. The van der Waals surface area contributed by atoms with Crippen molar-refractivity contribution in [3.63, 3.8) is 0 Å². The normalized spacial score (nSPS) is 11.5. The van der Waals surface area contributed by atoms with Gasteiger partial charge in [-0.25, -0.2) is 4.79 Å². The standard InChI is InChI=1S/C18H17ClN2O5S/c1-3-20-17(22)11(2)26-18(23)12-4-9-16(15(10-12)21(24)25)27-14-7-5-13(19)6-8-14/h4-11H,3H2,1-2H3,(H,20,22)/t11-/m1/s1. The highest BCUT2D eigenvalue weighted by Crippen LogP contribution is 2.35. The number of likely N-dealkylation sites (N-methyl/N-ethyl adjacent to an activating group) is 1. The van der Waals surface area contributed by atoms with Crippen LogP contribution >= 0.6 is 23.4 Å². The van der Waals surface area contributed by atoms with Crippen molar-refractivity contribution < 1.29 is 19.2 Å². The number of hydrogen-bond donors (Lipinski definition) is 1. The topological polar surface area (TPSA) is 98.5 Å². The van der Waals surface area contributed by atoms with E-state index in [1.54, 1.807) is 31.2 Å². The Morgan fingerprint density at radius 1 is 1.26 bits per heavy atom. The van der Waals surface area contributed by atoms with Crippen LogP contribution in [0, 0.1) is 10.1 Å². The molecule has 1 amide bonds. The van der Waals surface area contributed by atoms with Crippen LogP contribution in [-0.4, -0.2) is 29.4 Å². The molecule has 0 aliphatic carbocycles. The zero-order valence-corrected chi connectivity index (χ0v) is 16.2. The van der Waals surface area contributed by atoms with Crippen molar-refractivity contribution in [3.8, 4) is 0 Å². The number of benzene rings is 2. The zero-order chi connectivity index (χ0) is 20.0. The summed E-state index contributed by atoms with van der Waals surface area (Å²) in [6.45, 7) is 3.58. The molecule has 9 heteroatoms. The number of nitro benzene ring substituents is 1. The summed E-state index contributed by atoms with van der Waals surface area (Å²) < 4.78 is 5.06. The monoisotopic (exact) mass is 408 g/mol. The van der Waals surface area contributed by atoms with Crippen LogP contribution in [0.4, 0.5) is 5.69 Å². The number of carbonyl (C=O) groups is 2. The summed E-state index contributed by atoms with van der Waals surface area (Å²) in [6.07, 6.45) is -1.00. The smallest absolute Gasteiger partial charge is 0.339 e. The van der Waals surface area contributed by atoms with E-state index in [9.17, 15) is 19.7 Å². The molecule has 0 aromatic heterocycles. The highest BCUT2D eigenvalue weighted by molar-refractivity contribution is 7.99. The quantitative estimate of drug-likeness (QED) is 0.421. The molecule has 0 fully saturated rings. The summed E-state index contributed by atoms with van der Waals surface area (Å²) in [4.78, 5) is 35.8. The van der Waals surface area contributed by atoms with Gasteiger partial charge in [0.25, 0.3) is 11.6 Å². The number of nitrogens with zero attached hydrogens (tertiary/aromatic N) is 1. The first-order valence-corrected chi connectivity index (χ1v) is 9.21. The van der Waals surface area contributed by atoms with Crippen LogP contribution in [0.15, 0.2) is 52.3 Å². The Hall–Kier alpha value is -2.58. The number of halogens is 1. The maximum atomic E-state index is 12.2. The Kier molecular flexibility index (Phi) is 7.20. The lowest BCUT2D eigenvalue weighted by atomic mass is 10.2. The van der Waals surface area contributed by atoms with Gasteiger partial charge in [0.2, 0.25) is 0 Å². The summed E-state index contributed by atoms with van der Waals surface area (Å²) in [5.41, 5.74) is -0.228. The van der Waals surface area contributed by atoms with Crippen molar-refractivity contribution >= 4 is 40.9 Å². The molecule has 0 heterocycles. The van der Waals surface area contributed by atoms with Crippen molar-refractivity contribution in [1.82, 2.24) is 5.32 Å². The first-order valence-electron chi connectivity index (χ1n) is 8.02. The lowest BCUT2D eigenvalue weighted by Crippen LogP contribution is -2.35. The van der Waals surface area contributed by atoms with E-state index in [0.29, 0.717) is 16.5 Å². The minimum absolute atomic E-state index is 0.00157. The first kappa shape index (κ1) is 20.7. The molecule has 27 heavy (non-hydrogen) atoms. The number of carbonyl (C=O) groups excluding carboxylic acids is 2. The summed E-state index contributed by atoms with van der Waals surface area (Å²) in [6, 6.07) is 10.9. The summed E-state index contributed by atoms with van der Waals surface area (Å²) in [5.74, 6) is -1.24. The second-order valence-electron chi connectivity index (χ2n) is 5.44. The molecular formula is C18H17ClN2O5S. The number of esters is 1. The second kappa shape index (κ2) is 9.38. The van der Waals surface area contributed by atoms with E-state index in [4.69, 9.17) is 16.3 Å². The molecule has 0 bridgehead atoms. The molecule has 0 aliphatic heterocycles. The van der Waals surface area contributed by atoms with Crippen LogP contribution in [-0.2, 0) is 9.53 Å². The minimum Gasteiger partial charge on any atom is -0.449 e. The molecule has 0 spiro atoms. The Morgan fingerprint density at radius 2 is 1.93 bits per heavy atom. The predicted octanol–water partition coefficient (Wildman–Crippen LogP) is 4.08. The molecule has 0 aliphatic rings. The molecule has 0 saturated carbocycles. The summed E-state index contributed by atoms with van der Waals surface area (Å²) in [7, 11) is 0. The van der Waals surface area contributed by atoms with Gasteiger partial charge in [-0.3, -0.25) is 14.9 Å². The Balaban J connectivity index is 2.21. The number of hydrogen-bond acceptors (Lipinski definition) is 6. The molecule has 2 rings (SSSR count). The third-order valence-electron chi connectivity index (χ3n) is 3.44. The van der Waals surface area contributed by atoms with Gasteiger partial charge in [-0.2, -0.15) is 0 Å². The zero-order valence-electron chi connectivity index (χ0n) is 14.6. The van der Waals surface area contributed by atoms with Crippen molar-refractivity contribution in [1.29, 1.82) is 0 Å². The molecule has 7 nitrogen and oxygen atoms in total. The van der Waals surface area contributed by atoms with E-state index in [1.807, 2.05) is 0 Å². The van der Waals surface area contributed by atoms with Gasteiger partial charge < -0.3 is 10.1 Å². The molecule has 142 valence electrons. The van der Waals surface area contributed by atoms with Crippen LogP contribution in [0.1, 0.15) is 24.2 Å². The SMILES string of the molecule is CCNC(=O)[C@@H](C)OC(=O)c1ccc(Sc2ccc(Cl)cc2)c([N+](=O)[O-])c1. The lowest BCUT2D eigenvalue weighted by Gasteiger charge is -2.13. The van der Waals surface area contributed by atoms with E-state index in [1.165, 1.54) is 30.8 Å². The summed E-state index contributed by atoms with van der Waals surface area (Å²) in [5, 5.41) is 14.5. The first-order chi connectivity index (χ1) is 12.8. The van der Waals surface area contributed by atoms with Gasteiger partial charge in [0.1, 0.15) is 0 Å². The Morgan fingerprint density at radius 3 is 2.52 bits per heavy atom. The maximum Gasteiger partial charge on any atom is 0.339 e. The Labute approximate surface area is 165 Å². The molecule has 0 unspecified atom stereocenters. The number of nitro groups is 1. The third-order valence-corrected chi connectivity index (χ3v) is 4.76. The highest BCUT2D eigenvalue weighted by atomic mass is 35.5. The largest absolute Gasteiger partial charge is 0.449 e. The maximum absolute atomic E-state index is 12.2. The number of amides is 1. The van der Waals surface area contributed by atoms with Crippen LogP contribution in [0.2, 0.25) is 5.02 Å². The van der Waals surface area contributed by atoms with Crippen LogP contribution in [0.25, 0.3) is 0 Å². The highest BCUT2D eigenvalue weighted by Gasteiger charge is 2.22. The second-order valence-corrected chi connectivity index (χ2v) is 6.99. The lowest BCUT2D eigenvalue weighted by molar-refractivity contribution is -0.387.